The quantitative estimate of drug-likeness (QED) is 0.511. The first kappa shape index (κ1) is 20.8. The lowest BCUT2D eigenvalue weighted by atomic mass is 10.2. The highest BCUT2D eigenvalue weighted by Gasteiger charge is 2.35. The third-order valence-corrected chi connectivity index (χ3v) is 5.65. The maximum atomic E-state index is 13.5. The highest BCUT2D eigenvalue weighted by atomic mass is 19.1. The van der Waals surface area contributed by atoms with Gasteiger partial charge < -0.3 is 19.3 Å². The molecule has 0 bridgehead atoms. The molecule has 1 aliphatic carbocycles. The van der Waals surface area contributed by atoms with E-state index in [-0.39, 0.29) is 5.82 Å². The molecule has 0 radical (unpaired) electrons. The molecule has 1 unspecified atom stereocenters. The summed E-state index contributed by atoms with van der Waals surface area (Å²) < 4.78 is 21.4. The molecule has 2 atom stereocenters. The van der Waals surface area contributed by atoms with E-state index < -0.39 is 6.10 Å². The van der Waals surface area contributed by atoms with Gasteiger partial charge >= 0.3 is 0 Å². The van der Waals surface area contributed by atoms with E-state index in [0.717, 1.165) is 17.7 Å². The van der Waals surface area contributed by atoms with Crippen LogP contribution in [-0.2, 0) is 24.4 Å². The minimum atomic E-state index is -0.490. The van der Waals surface area contributed by atoms with Crippen molar-refractivity contribution in [2.24, 2.45) is 0 Å². The molecular weight excluding hydrogens is 379 g/mol. The van der Waals surface area contributed by atoms with Crippen LogP contribution in [-0.4, -0.2) is 35.0 Å². The Kier molecular flexibility index (Phi) is 6.95. The topological polar surface area (TPSA) is 38.8 Å². The number of quaternary nitrogens is 1. The number of aliphatic hydroxyl groups excluding tert-OH is 1. The van der Waals surface area contributed by atoms with Gasteiger partial charge in [-0.25, -0.2) is 4.39 Å². The zero-order chi connectivity index (χ0) is 20.8. The highest BCUT2D eigenvalue weighted by molar-refractivity contribution is 5.18. The number of rotatable bonds is 11. The van der Waals surface area contributed by atoms with Gasteiger partial charge in [-0.3, -0.25) is 0 Å². The van der Waals surface area contributed by atoms with Crippen molar-refractivity contribution >= 4 is 0 Å². The fraction of sp³-hybridized carbons (Fsp3) is 0.360. The van der Waals surface area contributed by atoms with E-state index in [1.54, 1.807) is 12.1 Å². The number of halogens is 1. The predicted molar refractivity (Wildman–Crippen MR) is 115 cm³/mol. The molecule has 4 rings (SSSR count). The van der Waals surface area contributed by atoms with Crippen molar-refractivity contribution in [3.05, 3.63) is 95.6 Å². The van der Waals surface area contributed by atoms with Gasteiger partial charge in [0.1, 0.15) is 25.0 Å². The van der Waals surface area contributed by atoms with Gasteiger partial charge in [-0.05, 0) is 35.4 Å². The molecule has 0 amide bonds. The second-order valence-corrected chi connectivity index (χ2v) is 8.23. The Hall–Kier alpha value is -2.47. The van der Waals surface area contributed by atoms with Gasteiger partial charge in [0.25, 0.3) is 0 Å². The Morgan fingerprint density at radius 1 is 1.03 bits per heavy atom. The van der Waals surface area contributed by atoms with Gasteiger partial charge in [0.05, 0.1) is 24.9 Å². The van der Waals surface area contributed by atoms with Gasteiger partial charge in [-0.1, -0.05) is 42.5 Å². The van der Waals surface area contributed by atoms with Crippen molar-refractivity contribution in [1.82, 2.24) is 4.57 Å². The molecular formula is C25H30FN2O2+. The van der Waals surface area contributed by atoms with E-state index in [0.29, 0.717) is 32.3 Å². The van der Waals surface area contributed by atoms with Crippen molar-refractivity contribution in [2.75, 3.05) is 13.2 Å². The molecule has 0 spiro atoms. The van der Waals surface area contributed by atoms with E-state index in [4.69, 9.17) is 4.74 Å². The zero-order valence-electron chi connectivity index (χ0n) is 17.2. The largest absolute Gasteiger partial charge is 0.385 e. The molecule has 1 saturated carbocycles. The highest BCUT2D eigenvalue weighted by Crippen LogP contribution is 2.16. The van der Waals surface area contributed by atoms with Crippen LogP contribution < -0.4 is 4.90 Å². The molecule has 3 aromatic rings. The van der Waals surface area contributed by atoms with Crippen LogP contribution >= 0.6 is 0 Å². The third-order valence-electron chi connectivity index (χ3n) is 5.65. The molecule has 2 aromatic carbocycles. The second kappa shape index (κ2) is 10.0. The van der Waals surface area contributed by atoms with Gasteiger partial charge in [0.15, 0.2) is 0 Å². The molecule has 1 aliphatic rings. The average molecular weight is 410 g/mol. The summed E-state index contributed by atoms with van der Waals surface area (Å²) in [4.78, 5) is 1.39. The van der Waals surface area contributed by atoms with Crippen LogP contribution in [0.2, 0.25) is 0 Å². The SMILES string of the molecule is O[C@@H](COCc1ccccc1)C[NH+](Cc1cccn1Cc1cccc(F)c1)C1CC1. The Balaban J connectivity index is 1.31. The summed E-state index contributed by atoms with van der Waals surface area (Å²) in [7, 11) is 0. The molecule has 4 nitrogen and oxygen atoms in total. The first-order valence-electron chi connectivity index (χ1n) is 10.7. The van der Waals surface area contributed by atoms with Crippen LogP contribution in [0.3, 0.4) is 0 Å². The summed E-state index contributed by atoms with van der Waals surface area (Å²) in [6, 6.07) is 21.6. The Labute approximate surface area is 177 Å². The van der Waals surface area contributed by atoms with Crippen LogP contribution in [0.1, 0.15) is 29.7 Å². The van der Waals surface area contributed by atoms with E-state index in [1.807, 2.05) is 48.7 Å². The summed E-state index contributed by atoms with van der Waals surface area (Å²) >= 11 is 0. The molecule has 1 heterocycles. The molecule has 2 N–H and O–H groups in total. The number of aliphatic hydroxyl groups is 1. The fourth-order valence-corrected chi connectivity index (χ4v) is 3.95. The maximum Gasteiger partial charge on any atom is 0.126 e. The first-order chi connectivity index (χ1) is 14.7. The lowest BCUT2D eigenvalue weighted by molar-refractivity contribution is -0.928. The monoisotopic (exact) mass is 409 g/mol. The molecule has 0 saturated heterocycles. The Morgan fingerprint density at radius 2 is 1.83 bits per heavy atom. The number of ether oxygens (including phenoxy) is 1. The summed E-state index contributed by atoms with van der Waals surface area (Å²) in [6.45, 7) is 3.04. The summed E-state index contributed by atoms with van der Waals surface area (Å²) in [5, 5.41) is 10.5. The Bertz CT molecular complexity index is 924. The van der Waals surface area contributed by atoms with Crippen molar-refractivity contribution in [3.63, 3.8) is 0 Å². The van der Waals surface area contributed by atoms with E-state index in [1.165, 1.54) is 29.5 Å². The fourth-order valence-electron chi connectivity index (χ4n) is 3.95. The lowest BCUT2D eigenvalue weighted by Gasteiger charge is -2.23. The second-order valence-electron chi connectivity index (χ2n) is 8.23. The molecule has 158 valence electrons. The normalized spacial score (nSPS) is 15.8. The van der Waals surface area contributed by atoms with Crippen molar-refractivity contribution < 1.29 is 19.1 Å². The molecule has 30 heavy (non-hydrogen) atoms. The summed E-state index contributed by atoms with van der Waals surface area (Å²) in [5.41, 5.74) is 3.28. The minimum Gasteiger partial charge on any atom is -0.385 e. The molecule has 1 fully saturated rings. The van der Waals surface area contributed by atoms with Gasteiger partial charge in [0.2, 0.25) is 0 Å². The molecule has 5 heteroatoms. The van der Waals surface area contributed by atoms with Crippen molar-refractivity contribution in [3.8, 4) is 0 Å². The van der Waals surface area contributed by atoms with Crippen LogP contribution in [0.25, 0.3) is 0 Å². The number of nitrogens with zero attached hydrogens (tertiary/aromatic N) is 1. The van der Waals surface area contributed by atoms with Crippen LogP contribution in [0.4, 0.5) is 4.39 Å². The van der Waals surface area contributed by atoms with Crippen LogP contribution in [0.15, 0.2) is 72.9 Å². The van der Waals surface area contributed by atoms with Crippen molar-refractivity contribution in [1.29, 1.82) is 0 Å². The number of hydrogen-bond donors (Lipinski definition) is 2. The average Bonchev–Trinajstić information content (AvgIpc) is 3.50. The maximum absolute atomic E-state index is 13.5. The van der Waals surface area contributed by atoms with Crippen LogP contribution in [0.5, 0.6) is 0 Å². The summed E-state index contributed by atoms with van der Waals surface area (Å²) in [6.07, 6.45) is 3.97. The smallest absolute Gasteiger partial charge is 0.126 e. The van der Waals surface area contributed by atoms with Gasteiger partial charge in [-0.15, -0.1) is 0 Å². The van der Waals surface area contributed by atoms with Crippen LogP contribution in [0, 0.1) is 5.82 Å². The Morgan fingerprint density at radius 3 is 2.60 bits per heavy atom. The number of hydrogen-bond acceptors (Lipinski definition) is 2. The third kappa shape index (κ3) is 6.02. The van der Waals surface area contributed by atoms with Gasteiger partial charge in [0, 0.05) is 25.6 Å². The number of aromatic nitrogens is 1. The molecule has 1 aromatic heterocycles. The number of benzene rings is 2. The zero-order valence-corrected chi connectivity index (χ0v) is 17.2. The van der Waals surface area contributed by atoms with E-state index in [9.17, 15) is 9.50 Å². The van der Waals surface area contributed by atoms with Gasteiger partial charge in [-0.2, -0.15) is 0 Å². The predicted octanol–water partition coefficient (Wildman–Crippen LogP) is 2.80. The first-order valence-corrected chi connectivity index (χ1v) is 10.7. The lowest BCUT2D eigenvalue weighted by Crippen LogP contribution is -3.13. The summed E-state index contributed by atoms with van der Waals surface area (Å²) in [5.74, 6) is -0.204. The minimum absolute atomic E-state index is 0.204. The van der Waals surface area contributed by atoms with E-state index in [2.05, 4.69) is 10.6 Å². The standard InChI is InChI=1S/C25H29FN2O2/c26-22-9-4-8-21(14-22)15-27-13-5-10-24(27)16-28(23-11-12-23)17-25(29)19-30-18-20-6-2-1-3-7-20/h1-10,13-14,23,25,29H,11-12,15-19H2/p+1/t25-/m1/s1. The number of nitrogens with one attached hydrogen (secondary N) is 1. The molecule has 0 aliphatic heterocycles. The van der Waals surface area contributed by atoms with E-state index >= 15 is 0 Å². The van der Waals surface area contributed by atoms with Crippen molar-refractivity contribution in [2.45, 2.75) is 44.7 Å².